The second-order valence-electron chi connectivity index (χ2n) is 6.56. The molecule has 3 rings (SSSR count). The Bertz CT molecular complexity index is 1290. The molecule has 0 radical (unpaired) electrons. The average Bonchev–Trinajstić information content (AvgIpc) is 3.31. The molecule has 0 amide bonds. The van der Waals surface area contributed by atoms with Gasteiger partial charge in [0.1, 0.15) is 0 Å². The molecule has 0 aliphatic heterocycles. The van der Waals surface area contributed by atoms with Crippen molar-refractivity contribution in [1.82, 2.24) is 19.9 Å². The summed E-state index contributed by atoms with van der Waals surface area (Å²) in [6, 6.07) is 3.20. The highest BCUT2D eigenvalue weighted by molar-refractivity contribution is 7.99. The second kappa shape index (κ2) is 13.1. The van der Waals surface area contributed by atoms with E-state index < -0.39 is 23.0 Å². The van der Waals surface area contributed by atoms with Crippen LogP contribution in [0.2, 0.25) is 0 Å². The molecule has 3 aromatic rings. The van der Waals surface area contributed by atoms with E-state index in [0.29, 0.717) is 4.68 Å². The molecule has 1 aromatic carbocycles. The quantitative estimate of drug-likeness (QED) is 0.249. The first-order valence-electron chi connectivity index (χ1n) is 9.53. The summed E-state index contributed by atoms with van der Waals surface area (Å²) in [6.07, 6.45) is 6.51. The summed E-state index contributed by atoms with van der Waals surface area (Å²) in [7, 11) is 0. The second-order valence-corrected chi connectivity index (χ2v) is 7.15. The number of aromatic amines is 2. The number of aliphatic hydroxyl groups is 1. The van der Waals surface area contributed by atoms with Gasteiger partial charge in [-0.1, -0.05) is 24.1 Å². The van der Waals surface area contributed by atoms with E-state index in [1.54, 1.807) is 19.3 Å². The highest BCUT2D eigenvalue weighted by Crippen LogP contribution is 2.37. The van der Waals surface area contributed by atoms with Gasteiger partial charge in [-0.2, -0.15) is 22.9 Å². The maximum Gasteiger partial charge on any atom is 0.417 e. The lowest BCUT2D eigenvalue weighted by Gasteiger charge is -2.14. The van der Waals surface area contributed by atoms with Crippen molar-refractivity contribution < 1.29 is 18.3 Å². The lowest BCUT2D eigenvalue weighted by Crippen LogP contribution is -2.39. The topological polar surface area (TPSA) is 116 Å². The van der Waals surface area contributed by atoms with Crippen molar-refractivity contribution in [2.75, 3.05) is 17.7 Å². The van der Waals surface area contributed by atoms with Gasteiger partial charge in [-0.3, -0.25) is 14.7 Å². The van der Waals surface area contributed by atoms with E-state index in [9.17, 15) is 22.8 Å². The molecular weight excluding hydrogens is 471 g/mol. The highest BCUT2D eigenvalue weighted by atomic mass is 32.2. The molecule has 0 saturated heterocycles. The van der Waals surface area contributed by atoms with Crippen LogP contribution >= 0.6 is 11.9 Å². The number of aromatic nitrogens is 4. The van der Waals surface area contributed by atoms with Gasteiger partial charge in [-0.15, -0.1) is 6.42 Å². The van der Waals surface area contributed by atoms with Crippen molar-refractivity contribution in [3.63, 3.8) is 0 Å². The number of H-pyrrole nitrogens is 2. The van der Waals surface area contributed by atoms with Crippen LogP contribution in [0.15, 0.2) is 58.3 Å². The fourth-order valence-corrected chi connectivity index (χ4v) is 2.75. The predicted octanol–water partition coefficient (Wildman–Crippen LogP) is 3.67. The molecule has 0 atom stereocenters. The number of nitrogens with zero attached hydrogens (tertiary/aromatic N) is 2. The number of fused-ring (bicyclic) bond motifs is 1. The van der Waals surface area contributed by atoms with Crippen LogP contribution in [0.25, 0.3) is 22.2 Å². The number of aliphatic hydroxyl groups excluding tert-OH is 1. The van der Waals surface area contributed by atoms with Crippen LogP contribution in [0.4, 0.5) is 13.2 Å². The van der Waals surface area contributed by atoms with Crippen molar-refractivity contribution in [3.8, 4) is 23.6 Å². The first-order chi connectivity index (χ1) is 16.0. The Morgan fingerprint density at radius 3 is 2.47 bits per heavy atom. The number of terminal acetylenes is 1. The summed E-state index contributed by atoms with van der Waals surface area (Å²) < 4.78 is 40.7. The summed E-state index contributed by atoms with van der Waals surface area (Å²) in [6.45, 7) is 7.20. The van der Waals surface area contributed by atoms with E-state index in [-0.39, 0.29) is 28.8 Å². The molecule has 2 heterocycles. The van der Waals surface area contributed by atoms with E-state index in [4.69, 9.17) is 11.5 Å². The number of rotatable bonds is 4. The number of alkyl halides is 3. The standard InChI is InChI=1S/C13H10F3N5O2S.C5H6.C4H8O/c1-24-20-21-11(22)7-4-6(9-2-3-17-19-9)8(13(14,15)16)5-10(7)18-12(21)23;1-3-5-4-2;1-4(2)3-5/h2-5,20H,1H3,(H,17,19)(H,18,23);1,4-5H,2H3;5H,1,3H2,2H3/b;5-4-;. The first kappa shape index (κ1) is 28.3. The third-order valence-corrected chi connectivity index (χ3v) is 4.21. The van der Waals surface area contributed by atoms with E-state index in [0.717, 1.165) is 29.7 Å². The largest absolute Gasteiger partial charge is 0.417 e. The van der Waals surface area contributed by atoms with E-state index in [1.165, 1.54) is 12.3 Å². The predicted molar refractivity (Wildman–Crippen MR) is 130 cm³/mol. The van der Waals surface area contributed by atoms with Crippen molar-refractivity contribution >= 4 is 22.9 Å². The van der Waals surface area contributed by atoms with E-state index >= 15 is 0 Å². The SMILES string of the molecule is C#C/C=C\C.C=C(C)CO.CSNn1c(=O)[nH]c2cc(C(F)(F)F)c(-c3ccn[nH]3)cc2c1=O. The van der Waals surface area contributed by atoms with Crippen molar-refractivity contribution in [3.05, 3.63) is 75.1 Å². The minimum atomic E-state index is -4.67. The normalized spacial score (nSPS) is 10.6. The zero-order chi connectivity index (χ0) is 25.9. The summed E-state index contributed by atoms with van der Waals surface area (Å²) in [5.74, 6) is 2.34. The summed E-state index contributed by atoms with van der Waals surface area (Å²) in [5, 5.41) is 14.1. The third-order valence-electron chi connectivity index (χ3n) is 3.85. The highest BCUT2D eigenvalue weighted by Gasteiger charge is 2.35. The van der Waals surface area contributed by atoms with Gasteiger partial charge in [-0.25, -0.2) is 4.79 Å². The molecule has 2 aromatic heterocycles. The molecule has 8 nitrogen and oxygen atoms in total. The molecule has 4 N–H and O–H groups in total. The van der Waals surface area contributed by atoms with Crippen molar-refractivity contribution in [1.29, 1.82) is 0 Å². The summed E-state index contributed by atoms with van der Waals surface area (Å²) in [4.78, 5) is 29.0. The Morgan fingerprint density at radius 2 is 2.06 bits per heavy atom. The number of hydrogen-bond acceptors (Lipinski definition) is 6. The maximum absolute atomic E-state index is 13.3. The van der Waals surface area contributed by atoms with Crippen LogP contribution < -0.4 is 16.1 Å². The van der Waals surface area contributed by atoms with Crippen molar-refractivity contribution in [2.45, 2.75) is 20.0 Å². The molecule has 0 saturated carbocycles. The Kier molecular flexibility index (Phi) is 10.9. The lowest BCUT2D eigenvalue weighted by atomic mass is 10.0. The van der Waals surface area contributed by atoms with E-state index in [1.807, 2.05) is 13.0 Å². The molecule has 12 heteroatoms. The summed E-state index contributed by atoms with van der Waals surface area (Å²) >= 11 is 0.998. The zero-order valence-electron chi connectivity index (χ0n) is 18.7. The maximum atomic E-state index is 13.3. The molecule has 0 bridgehead atoms. The molecular formula is C22H24F3N5O3S. The first-order valence-corrected chi connectivity index (χ1v) is 10.8. The molecule has 0 unspecified atom stereocenters. The van der Waals surface area contributed by atoms with Crippen LogP contribution in [0.3, 0.4) is 0 Å². The third kappa shape index (κ3) is 7.72. The van der Waals surface area contributed by atoms with Crippen LogP contribution in [0, 0.1) is 12.3 Å². The Balaban J connectivity index is 0.000000489. The Labute approximate surface area is 197 Å². The number of allylic oxidation sites excluding steroid dienone is 2. The summed E-state index contributed by atoms with van der Waals surface area (Å²) in [5.41, 5.74) is -2.09. The van der Waals surface area contributed by atoms with E-state index in [2.05, 4.69) is 32.5 Å². The number of halogens is 3. The molecule has 34 heavy (non-hydrogen) atoms. The fraction of sp³-hybridized carbons (Fsp3) is 0.227. The van der Waals surface area contributed by atoms with Crippen molar-refractivity contribution in [2.24, 2.45) is 0 Å². The number of hydrogen-bond donors (Lipinski definition) is 4. The number of nitrogens with one attached hydrogen (secondary N) is 3. The lowest BCUT2D eigenvalue weighted by molar-refractivity contribution is -0.137. The minimum Gasteiger partial charge on any atom is -0.392 e. The average molecular weight is 496 g/mol. The zero-order valence-corrected chi connectivity index (χ0v) is 19.5. The van der Waals surface area contributed by atoms with Gasteiger partial charge >= 0.3 is 11.9 Å². The van der Waals surface area contributed by atoms with Gasteiger partial charge in [0, 0.05) is 18.0 Å². The smallest absolute Gasteiger partial charge is 0.392 e. The monoisotopic (exact) mass is 495 g/mol. The van der Waals surface area contributed by atoms with Gasteiger partial charge in [-0.05, 0) is 50.1 Å². The van der Waals surface area contributed by atoms with Crippen LogP contribution in [-0.2, 0) is 6.18 Å². The van der Waals surface area contributed by atoms with Gasteiger partial charge in [0.15, 0.2) is 0 Å². The molecule has 0 aliphatic carbocycles. The number of benzene rings is 1. The van der Waals surface area contributed by atoms with Crippen LogP contribution in [-0.4, -0.2) is 37.8 Å². The Morgan fingerprint density at radius 1 is 1.41 bits per heavy atom. The molecule has 0 spiro atoms. The van der Waals surface area contributed by atoms with Gasteiger partial charge in [0.25, 0.3) is 5.56 Å². The Hall–Kier alpha value is -3.69. The minimum absolute atomic E-state index is 0.0613. The van der Waals surface area contributed by atoms with Gasteiger partial charge in [0.2, 0.25) is 0 Å². The van der Waals surface area contributed by atoms with Crippen LogP contribution in [0.1, 0.15) is 19.4 Å². The molecule has 0 aliphatic rings. The van der Waals surface area contributed by atoms with Crippen LogP contribution in [0.5, 0.6) is 0 Å². The van der Waals surface area contributed by atoms with Gasteiger partial charge in [0.05, 0.1) is 28.8 Å². The molecule has 0 fully saturated rings. The fourth-order valence-electron chi connectivity index (χ4n) is 2.40. The molecule has 182 valence electrons. The van der Waals surface area contributed by atoms with Gasteiger partial charge < -0.3 is 10.1 Å².